The fourth-order valence-corrected chi connectivity index (χ4v) is 4.02. The second kappa shape index (κ2) is 8.10. The summed E-state index contributed by atoms with van der Waals surface area (Å²) in [6.45, 7) is 0. The highest BCUT2D eigenvalue weighted by molar-refractivity contribution is 6.47. The molecule has 10 heteroatoms. The molecule has 0 atom stereocenters. The lowest BCUT2D eigenvalue weighted by atomic mass is 9.99. The highest BCUT2D eigenvalue weighted by Crippen LogP contribution is 2.46. The molecule has 0 saturated heterocycles. The number of hydrogen-bond acceptors (Lipinski definition) is 1. The van der Waals surface area contributed by atoms with Gasteiger partial charge in [0, 0.05) is 22.9 Å². The molecule has 2 aromatic carbocycles. The van der Waals surface area contributed by atoms with E-state index < -0.39 is 11.7 Å². The largest absolute Gasteiger partial charge is 0.417 e. The fraction of sp³-hybridized carbons (Fsp3) is 0.0556. The number of benzene rings is 2. The van der Waals surface area contributed by atoms with Crippen LogP contribution in [-0.2, 0) is 6.18 Å². The molecule has 1 aromatic heterocycles. The van der Waals surface area contributed by atoms with Gasteiger partial charge in [-0.1, -0.05) is 69.6 Å². The van der Waals surface area contributed by atoms with Crippen LogP contribution in [0.15, 0.2) is 36.5 Å². The molecule has 28 heavy (non-hydrogen) atoms. The quantitative estimate of drug-likeness (QED) is 0.316. The fourth-order valence-electron chi connectivity index (χ4n) is 2.56. The predicted octanol–water partition coefficient (Wildman–Crippen LogP) is 9.35. The number of pyridine rings is 1. The van der Waals surface area contributed by atoms with Crippen LogP contribution in [0.5, 0.6) is 0 Å². The van der Waals surface area contributed by atoms with Gasteiger partial charge in [0.05, 0.1) is 41.4 Å². The van der Waals surface area contributed by atoms with Crippen LogP contribution in [-0.4, -0.2) is 4.98 Å². The van der Waals surface area contributed by atoms with Crippen molar-refractivity contribution in [1.29, 1.82) is 0 Å². The molecule has 0 fully saturated rings. The van der Waals surface area contributed by atoms with Crippen LogP contribution in [0.25, 0.3) is 22.4 Å². The van der Waals surface area contributed by atoms with Gasteiger partial charge in [0.2, 0.25) is 0 Å². The van der Waals surface area contributed by atoms with Crippen LogP contribution < -0.4 is 0 Å². The number of nitrogens with zero attached hydrogens (tertiary/aromatic N) is 1. The first-order valence-electron chi connectivity index (χ1n) is 7.37. The molecule has 0 N–H and O–H groups in total. The summed E-state index contributed by atoms with van der Waals surface area (Å²) < 4.78 is 41.5. The second-order valence-electron chi connectivity index (χ2n) is 5.55. The second-order valence-corrected chi connectivity index (χ2v) is 7.93. The Bertz CT molecular complexity index is 1080. The van der Waals surface area contributed by atoms with Crippen molar-refractivity contribution >= 4 is 69.6 Å². The minimum absolute atomic E-state index is 0.00623. The van der Waals surface area contributed by atoms with Gasteiger partial charge in [-0.15, -0.1) is 0 Å². The summed E-state index contributed by atoms with van der Waals surface area (Å²) in [5.41, 5.74) is -1.47. The number of hydrogen-bond donors (Lipinski definition) is 0. The lowest BCUT2D eigenvalue weighted by molar-refractivity contribution is -0.137. The molecule has 0 saturated carbocycles. The Morgan fingerprint density at radius 3 is 1.68 bits per heavy atom. The van der Waals surface area contributed by atoms with Crippen molar-refractivity contribution < 1.29 is 13.2 Å². The zero-order valence-corrected chi connectivity index (χ0v) is 17.8. The van der Waals surface area contributed by atoms with Crippen LogP contribution in [0.3, 0.4) is 0 Å². The van der Waals surface area contributed by atoms with Crippen molar-refractivity contribution in [3.8, 4) is 22.4 Å². The molecular weight excluding hydrogens is 500 g/mol. The number of alkyl halides is 3. The summed E-state index contributed by atoms with van der Waals surface area (Å²) in [7, 11) is 0. The van der Waals surface area contributed by atoms with Crippen molar-refractivity contribution in [3.05, 3.63) is 72.2 Å². The van der Waals surface area contributed by atoms with Crippen molar-refractivity contribution in [3.63, 3.8) is 0 Å². The summed E-state index contributed by atoms with van der Waals surface area (Å²) in [5, 5.41) is 0.143. The Kier molecular flexibility index (Phi) is 6.31. The molecule has 0 radical (unpaired) electrons. The first-order valence-corrected chi connectivity index (χ1v) is 9.64. The summed E-state index contributed by atoms with van der Waals surface area (Å²) in [5.74, 6) is 0. The van der Waals surface area contributed by atoms with Gasteiger partial charge in [0.25, 0.3) is 0 Å². The minimum atomic E-state index is -4.75. The molecule has 0 unspecified atom stereocenters. The monoisotopic (exact) mass is 503 g/mol. The van der Waals surface area contributed by atoms with E-state index in [0.717, 1.165) is 12.3 Å². The number of aromatic nitrogens is 1. The SMILES string of the molecule is FC(F)(F)c1cc(-c2c(Cl)ccc(Cl)c2Cl)ncc1-c1c(Cl)ccc(Cl)c1Cl. The molecule has 3 rings (SSSR count). The molecule has 0 spiro atoms. The van der Waals surface area contributed by atoms with Crippen molar-refractivity contribution in [1.82, 2.24) is 4.98 Å². The highest BCUT2D eigenvalue weighted by Gasteiger charge is 2.36. The van der Waals surface area contributed by atoms with Gasteiger partial charge in [-0.3, -0.25) is 4.98 Å². The van der Waals surface area contributed by atoms with Gasteiger partial charge < -0.3 is 0 Å². The molecule has 0 amide bonds. The number of halogens is 9. The minimum Gasteiger partial charge on any atom is -0.255 e. The van der Waals surface area contributed by atoms with E-state index in [1.165, 1.54) is 24.3 Å². The maximum atomic E-state index is 13.8. The molecule has 0 aliphatic carbocycles. The Morgan fingerprint density at radius 2 is 1.14 bits per heavy atom. The molecule has 146 valence electrons. The van der Waals surface area contributed by atoms with Crippen molar-refractivity contribution in [2.24, 2.45) is 0 Å². The van der Waals surface area contributed by atoms with Gasteiger partial charge in [-0.25, -0.2) is 0 Å². The van der Waals surface area contributed by atoms with Crippen LogP contribution in [0.2, 0.25) is 30.1 Å². The van der Waals surface area contributed by atoms with E-state index in [1.807, 2.05) is 0 Å². The molecular formula is C18H6Cl6F3N. The van der Waals surface area contributed by atoms with Gasteiger partial charge >= 0.3 is 6.18 Å². The Hall–Kier alpha value is -0.880. The summed E-state index contributed by atoms with van der Waals surface area (Å²) in [6, 6.07) is 6.39. The normalized spacial score (nSPS) is 11.8. The van der Waals surface area contributed by atoms with Crippen LogP contribution in [0, 0.1) is 0 Å². The van der Waals surface area contributed by atoms with Crippen molar-refractivity contribution in [2.75, 3.05) is 0 Å². The first kappa shape index (κ1) is 21.8. The first-order chi connectivity index (χ1) is 13.0. The zero-order chi connectivity index (χ0) is 20.8. The molecule has 0 aliphatic rings. The van der Waals surface area contributed by atoms with E-state index in [2.05, 4.69) is 4.98 Å². The summed E-state index contributed by atoms with van der Waals surface area (Å²) in [4.78, 5) is 4.09. The van der Waals surface area contributed by atoms with E-state index in [9.17, 15) is 13.2 Å². The zero-order valence-electron chi connectivity index (χ0n) is 13.3. The summed E-state index contributed by atoms with van der Waals surface area (Å²) in [6.07, 6.45) is -3.76. The lowest BCUT2D eigenvalue weighted by Gasteiger charge is -2.17. The van der Waals surface area contributed by atoms with E-state index in [0.29, 0.717) is 0 Å². The number of rotatable bonds is 2. The van der Waals surface area contributed by atoms with E-state index in [4.69, 9.17) is 69.6 Å². The lowest BCUT2D eigenvalue weighted by Crippen LogP contribution is -2.09. The van der Waals surface area contributed by atoms with E-state index >= 15 is 0 Å². The third-order valence-corrected chi connectivity index (χ3v) is 6.06. The van der Waals surface area contributed by atoms with Gasteiger partial charge in [-0.2, -0.15) is 13.2 Å². The maximum absolute atomic E-state index is 13.8. The smallest absolute Gasteiger partial charge is 0.255 e. The van der Waals surface area contributed by atoms with Gasteiger partial charge in [0.1, 0.15) is 0 Å². The van der Waals surface area contributed by atoms with Crippen LogP contribution >= 0.6 is 69.6 Å². The topological polar surface area (TPSA) is 12.9 Å². The standard InChI is InChI=1S/C18H6Cl6F3N/c19-9-1-3-11(21)16(23)14(9)7-6-28-13(5-8(7)18(25,26)27)15-10(20)2-4-12(22)17(15)24/h1-6H. The Morgan fingerprint density at radius 1 is 0.679 bits per heavy atom. The van der Waals surface area contributed by atoms with Crippen LogP contribution in [0.1, 0.15) is 5.56 Å². The molecule has 1 heterocycles. The highest BCUT2D eigenvalue weighted by atomic mass is 35.5. The molecule has 1 nitrogen and oxygen atoms in total. The third kappa shape index (κ3) is 4.04. The van der Waals surface area contributed by atoms with E-state index in [-0.39, 0.29) is 52.5 Å². The van der Waals surface area contributed by atoms with Gasteiger partial charge in [0.15, 0.2) is 0 Å². The maximum Gasteiger partial charge on any atom is 0.417 e. The van der Waals surface area contributed by atoms with Crippen LogP contribution in [0.4, 0.5) is 13.2 Å². The molecule has 3 aromatic rings. The molecule has 0 bridgehead atoms. The Balaban J connectivity index is 2.33. The Labute approximate surface area is 187 Å². The predicted molar refractivity (Wildman–Crippen MR) is 110 cm³/mol. The third-order valence-electron chi connectivity index (χ3n) is 3.82. The van der Waals surface area contributed by atoms with Crippen molar-refractivity contribution in [2.45, 2.75) is 6.18 Å². The molecule has 0 aliphatic heterocycles. The summed E-state index contributed by atoms with van der Waals surface area (Å²) >= 11 is 36.3. The van der Waals surface area contributed by atoms with E-state index in [1.54, 1.807) is 0 Å². The van der Waals surface area contributed by atoms with Gasteiger partial charge in [-0.05, 0) is 30.3 Å². The average Bonchev–Trinajstić information content (AvgIpc) is 2.62. The average molecular weight is 506 g/mol.